The lowest BCUT2D eigenvalue weighted by molar-refractivity contribution is -0.121. The molecule has 0 aliphatic carbocycles. The number of anilines is 2. The third-order valence-electron chi connectivity index (χ3n) is 6.05. The number of aromatic nitrogens is 2. The Balaban J connectivity index is 1.65. The standard InChI is InChI=1S/C24H25N5O4S/c1-14-5-3-6-15(2)22(14)20-11-21-28-24(27-20)29-34(31,32)19-8-4-7-17(10-19)26-23(30)16-9-18(33-21)13-25-12-16/h3-8,10-11,16,18,25H,9,12-13H2,1-2H3,(H,26,30)(H,27,28,29)/t16-,18-/m0/s1. The summed E-state index contributed by atoms with van der Waals surface area (Å²) in [6, 6.07) is 13.7. The van der Waals surface area contributed by atoms with Gasteiger partial charge in [-0.25, -0.2) is 18.1 Å². The molecular weight excluding hydrogens is 454 g/mol. The quantitative estimate of drug-likeness (QED) is 0.491. The molecule has 3 heterocycles. The fourth-order valence-electron chi connectivity index (χ4n) is 4.40. The highest BCUT2D eigenvalue weighted by molar-refractivity contribution is 7.92. The van der Waals surface area contributed by atoms with Crippen LogP contribution in [0.15, 0.2) is 53.4 Å². The first-order chi connectivity index (χ1) is 16.3. The smallest absolute Gasteiger partial charge is 0.264 e. The number of piperidine rings is 1. The van der Waals surface area contributed by atoms with E-state index in [1.54, 1.807) is 18.2 Å². The van der Waals surface area contributed by atoms with Crippen molar-refractivity contribution in [2.45, 2.75) is 31.3 Å². The van der Waals surface area contributed by atoms with E-state index < -0.39 is 10.0 Å². The van der Waals surface area contributed by atoms with Gasteiger partial charge in [0.2, 0.25) is 17.7 Å². The Morgan fingerprint density at radius 3 is 2.56 bits per heavy atom. The second-order valence-corrected chi connectivity index (χ2v) is 10.3. The van der Waals surface area contributed by atoms with Crippen LogP contribution in [0.4, 0.5) is 11.6 Å². The van der Waals surface area contributed by atoms with Gasteiger partial charge in [0.1, 0.15) is 6.10 Å². The summed E-state index contributed by atoms with van der Waals surface area (Å²) in [5.41, 5.74) is 3.83. The van der Waals surface area contributed by atoms with Crippen molar-refractivity contribution in [2.75, 3.05) is 23.1 Å². The third-order valence-corrected chi connectivity index (χ3v) is 7.37. The van der Waals surface area contributed by atoms with E-state index in [4.69, 9.17) is 4.74 Å². The Kier molecular flexibility index (Phi) is 5.70. The lowest BCUT2D eigenvalue weighted by Gasteiger charge is -2.29. The topological polar surface area (TPSA) is 122 Å². The van der Waals surface area contributed by atoms with Gasteiger partial charge in [0.15, 0.2) is 0 Å². The Morgan fingerprint density at radius 2 is 1.76 bits per heavy atom. The summed E-state index contributed by atoms with van der Waals surface area (Å²) in [6.07, 6.45) is 0.187. The van der Waals surface area contributed by atoms with E-state index in [0.29, 0.717) is 30.9 Å². The number of sulfonamides is 1. The molecule has 0 spiro atoms. The summed E-state index contributed by atoms with van der Waals surface area (Å²) in [4.78, 5) is 21.7. The van der Waals surface area contributed by atoms with Gasteiger partial charge in [-0.15, -0.1) is 0 Å². The van der Waals surface area contributed by atoms with E-state index in [1.807, 2.05) is 32.0 Å². The number of benzene rings is 2. The number of nitrogens with zero attached hydrogens (tertiary/aromatic N) is 2. The number of hydrogen-bond acceptors (Lipinski definition) is 7. The molecule has 1 aromatic heterocycles. The SMILES string of the molecule is Cc1cccc(C)c1-c1cc2nc(n1)NS(=O)(=O)c1cccc(c1)NC(=O)[C@@H]1CNC[C@H](C1)O2. The van der Waals surface area contributed by atoms with E-state index in [9.17, 15) is 13.2 Å². The molecule has 0 saturated carbocycles. The highest BCUT2D eigenvalue weighted by atomic mass is 32.2. The van der Waals surface area contributed by atoms with Crippen LogP contribution >= 0.6 is 0 Å². The molecule has 9 nitrogen and oxygen atoms in total. The van der Waals surface area contributed by atoms with Gasteiger partial charge in [0.05, 0.1) is 16.5 Å². The summed E-state index contributed by atoms with van der Waals surface area (Å²) < 4.78 is 34.9. The zero-order chi connectivity index (χ0) is 23.9. The van der Waals surface area contributed by atoms with Gasteiger partial charge < -0.3 is 15.4 Å². The molecule has 1 amide bonds. The van der Waals surface area contributed by atoms with Crippen molar-refractivity contribution in [3.8, 4) is 17.1 Å². The number of fused-ring (bicyclic) bond motifs is 6. The van der Waals surface area contributed by atoms with Crippen molar-refractivity contribution in [1.82, 2.24) is 15.3 Å². The summed E-state index contributed by atoms with van der Waals surface area (Å²) in [6.45, 7) is 5.00. The molecule has 2 aliphatic heterocycles. The molecule has 2 aromatic carbocycles. The van der Waals surface area contributed by atoms with E-state index in [2.05, 4.69) is 25.3 Å². The minimum atomic E-state index is -4.02. The summed E-state index contributed by atoms with van der Waals surface area (Å²) in [5.74, 6) is -0.370. The Bertz CT molecular complexity index is 1360. The Labute approximate surface area is 198 Å². The van der Waals surface area contributed by atoms with Crippen LogP contribution in [-0.4, -0.2) is 43.5 Å². The molecule has 0 unspecified atom stereocenters. The minimum Gasteiger partial charge on any atom is -0.473 e. The summed E-state index contributed by atoms with van der Waals surface area (Å²) in [5, 5.41) is 6.07. The van der Waals surface area contributed by atoms with Crippen LogP contribution in [0.2, 0.25) is 0 Å². The first-order valence-electron chi connectivity index (χ1n) is 11.1. The number of nitrogens with one attached hydrogen (secondary N) is 3. The average molecular weight is 480 g/mol. The van der Waals surface area contributed by atoms with Gasteiger partial charge in [-0.1, -0.05) is 24.3 Å². The van der Waals surface area contributed by atoms with Crippen molar-refractivity contribution in [1.29, 1.82) is 0 Å². The van der Waals surface area contributed by atoms with Gasteiger partial charge in [0.25, 0.3) is 10.0 Å². The van der Waals surface area contributed by atoms with E-state index in [0.717, 1.165) is 16.7 Å². The predicted molar refractivity (Wildman–Crippen MR) is 128 cm³/mol. The van der Waals surface area contributed by atoms with Crippen molar-refractivity contribution in [3.05, 3.63) is 59.7 Å². The van der Waals surface area contributed by atoms with Crippen LogP contribution in [0.3, 0.4) is 0 Å². The molecule has 2 aliphatic rings. The number of hydrogen-bond donors (Lipinski definition) is 3. The maximum absolute atomic E-state index is 13.1. The summed E-state index contributed by atoms with van der Waals surface area (Å²) >= 11 is 0. The van der Waals surface area contributed by atoms with Gasteiger partial charge >= 0.3 is 0 Å². The van der Waals surface area contributed by atoms with Crippen LogP contribution < -0.4 is 20.1 Å². The first-order valence-corrected chi connectivity index (χ1v) is 12.5. The number of ether oxygens (including phenoxy) is 1. The second kappa shape index (κ2) is 8.69. The molecule has 3 N–H and O–H groups in total. The molecule has 6 bridgehead atoms. The third kappa shape index (κ3) is 4.46. The number of carbonyl (C=O) groups is 1. The van der Waals surface area contributed by atoms with Crippen LogP contribution in [0.25, 0.3) is 11.3 Å². The zero-order valence-electron chi connectivity index (χ0n) is 18.8. The summed E-state index contributed by atoms with van der Waals surface area (Å²) in [7, 11) is -4.02. The molecule has 1 fully saturated rings. The van der Waals surface area contributed by atoms with E-state index >= 15 is 0 Å². The first kappa shape index (κ1) is 22.3. The highest BCUT2D eigenvalue weighted by Crippen LogP contribution is 2.30. The normalized spacial score (nSPS) is 21.4. The minimum absolute atomic E-state index is 0.00875. The molecule has 34 heavy (non-hydrogen) atoms. The molecule has 1 saturated heterocycles. The lowest BCUT2D eigenvalue weighted by Crippen LogP contribution is -2.46. The fraction of sp³-hybridized carbons (Fsp3) is 0.292. The van der Waals surface area contributed by atoms with Gasteiger partial charge in [0, 0.05) is 30.4 Å². The van der Waals surface area contributed by atoms with Crippen molar-refractivity contribution >= 4 is 27.6 Å². The molecule has 5 rings (SSSR count). The fourth-order valence-corrected chi connectivity index (χ4v) is 5.39. The van der Waals surface area contributed by atoms with E-state index in [1.165, 1.54) is 12.1 Å². The maximum atomic E-state index is 13.1. The predicted octanol–water partition coefficient (Wildman–Crippen LogP) is 2.87. The van der Waals surface area contributed by atoms with Gasteiger partial charge in [-0.3, -0.25) is 4.79 Å². The highest BCUT2D eigenvalue weighted by Gasteiger charge is 2.30. The van der Waals surface area contributed by atoms with Crippen molar-refractivity contribution < 1.29 is 17.9 Å². The van der Waals surface area contributed by atoms with Crippen LogP contribution in [0, 0.1) is 19.8 Å². The van der Waals surface area contributed by atoms with Crippen molar-refractivity contribution in [2.24, 2.45) is 5.92 Å². The number of carbonyl (C=O) groups excluding carboxylic acids is 1. The molecular formula is C24H25N5O4S. The van der Waals surface area contributed by atoms with Crippen LogP contribution in [0.5, 0.6) is 5.88 Å². The van der Waals surface area contributed by atoms with Gasteiger partial charge in [-0.05, 0) is 49.6 Å². The second-order valence-electron chi connectivity index (χ2n) is 8.64. The maximum Gasteiger partial charge on any atom is 0.264 e. The molecule has 0 radical (unpaired) electrons. The Morgan fingerprint density at radius 1 is 1.00 bits per heavy atom. The molecule has 3 aromatic rings. The number of aryl methyl sites for hydroxylation is 2. The average Bonchev–Trinajstić information content (AvgIpc) is 2.78. The van der Waals surface area contributed by atoms with Crippen molar-refractivity contribution in [3.63, 3.8) is 0 Å². The molecule has 176 valence electrons. The number of rotatable bonds is 1. The van der Waals surface area contributed by atoms with Gasteiger partial charge in [-0.2, -0.15) is 4.98 Å². The number of amides is 1. The van der Waals surface area contributed by atoms with Crippen LogP contribution in [-0.2, 0) is 14.8 Å². The van der Waals surface area contributed by atoms with E-state index in [-0.39, 0.29) is 34.7 Å². The molecule has 10 heteroatoms. The Hall–Kier alpha value is -3.50. The molecule has 2 atom stereocenters. The zero-order valence-corrected chi connectivity index (χ0v) is 19.6. The lowest BCUT2D eigenvalue weighted by atomic mass is 9.96. The largest absolute Gasteiger partial charge is 0.473 e. The monoisotopic (exact) mass is 479 g/mol. The van der Waals surface area contributed by atoms with Crippen LogP contribution in [0.1, 0.15) is 17.5 Å².